The summed E-state index contributed by atoms with van der Waals surface area (Å²) in [5.74, 6) is -1.64. The van der Waals surface area contributed by atoms with Crippen LogP contribution < -0.4 is 5.32 Å². The van der Waals surface area contributed by atoms with Crippen LogP contribution in [0, 0.1) is 25.5 Å². The molecule has 0 aliphatic heterocycles. The van der Waals surface area contributed by atoms with Crippen molar-refractivity contribution in [3.63, 3.8) is 0 Å². The second-order valence-electron chi connectivity index (χ2n) is 8.16. The number of nitrogens with zero attached hydrogens (tertiary/aromatic N) is 2. The van der Waals surface area contributed by atoms with Gasteiger partial charge < -0.3 is 14.9 Å². The summed E-state index contributed by atoms with van der Waals surface area (Å²) in [6.45, 7) is 3.79. The van der Waals surface area contributed by atoms with Crippen molar-refractivity contribution in [3.8, 4) is 22.8 Å². The van der Waals surface area contributed by atoms with Gasteiger partial charge in [-0.1, -0.05) is 41.1 Å². The average Bonchev–Trinajstić information content (AvgIpc) is 3.29. The summed E-state index contributed by atoms with van der Waals surface area (Å²) >= 11 is 0. The number of carbonyl (C=O) groups is 1. The molecule has 0 fully saturated rings. The zero-order valence-electron chi connectivity index (χ0n) is 18.7. The predicted molar refractivity (Wildman–Crippen MR) is 123 cm³/mol. The number of carboxylic acids is 1. The minimum absolute atomic E-state index is 0.0434. The van der Waals surface area contributed by atoms with Crippen LogP contribution in [0.25, 0.3) is 22.8 Å². The van der Waals surface area contributed by atoms with E-state index < -0.39 is 17.8 Å². The Morgan fingerprint density at radius 1 is 1.00 bits per heavy atom. The van der Waals surface area contributed by atoms with Crippen LogP contribution in [-0.2, 0) is 17.8 Å². The van der Waals surface area contributed by atoms with E-state index in [0.717, 1.165) is 11.1 Å². The Labute approximate surface area is 195 Å². The van der Waals surface area contributed by atoms with Gasteiger partial charge in [-0.15, -0.1) is 0 Å². The van der Waals surface area contributed by atoms with Gasteiger partial charge in [-0.2, -0.15) is 4.98 Å². The number of carboxylic acid groups (broad SMARTS) is 1. The second kappa shape index (κ2) is 9.93. The predicted octanol–water partition coefficient (Wildman–Crippen LogP) is 5.08. The van der Waals surface area contributed by atoms with Crippen LogP contribution in [0.15, 0.2) is 65.2 Å². The number of hydrogen-bond donors (Lipinski definition) is 2. The molecule has 0 aliphatic carbocycles. The summed E-state index contributed by atoms with van der Waals surface area (Å²) < 4.78 is 33.9. The number of benzene rings is 3. The summed E-state index contributed by atoms with van der Waals surface area (Å²) in [5.41, 5.74) is 3.59. The molecule has 1 atom stereocenters. The fraction of sp³-hybridized carbons (Fsp3) is 0.192. The fourth-order valence-electron chi connectivity index (χ4n) is 3.48. The molecule has 0 aliphatic rings. The van der Waals surface area contributed by atoms with Crippen molar-refractivity contribution in [3.05, 3.63) is 94.6 Å². The highest BCUT2D eigenvalue weighted by molar-refractivity contribution is 5.74. The number of aryl methyl sites for hydroxylation is 2. The highest BCUT2D eigenvalue weighted by atomic mass is 19.1. The Hall–Kier alpha value is -3.91. The zero-order valence-corrected chi connectivity index (χ0v) is 18.7. The minimum Gasteiger partial charge on any atom is -0.480 e. The number of aromatic nitrogens is 2. The van der Waals surface area contributed by atoms with E-state index >= 15 is 0 Å². The summed E-state index contributed by atoms with van der Waals surface area (Å²) in [4.78, 5) is 16.0. The summed E-state index contributed by atoms with van der Waals surface area (Å²) in [6, 6.07) is 15.7. The van der Waals surface area contributed by atoms with Crippen LogP contribution in [0.2, 0.25) is 0 Å². The largest absolute Gasteiger partial charge is 0.480 e. The maximum atomic E-state index is 14.9. The quantitative estimate of drug-likeness (QED) is 0.379. The van der Waals surface area contributed by atoms with Crippen molar-refractivity contribution >= 4 is 5.97 Å². The van der Waals surface area contributed by atoms with Gasteiger partial charge in [0.05, 0.1) is 5.56 Å². The van der Waals surface area contributed by atoms with Crippen LogP contribution in [0.1, 0.15) is 22.3 Å². The first-order valence-electron chi connectivity index (χ1n) is 10.7. The second-order valence-corrected chi connectivity index (χ2v) is 8.16. The lowest BCUT2D eigenvalue weighted by Gasteiger charge is -2.15. The van der Waals surface area contributed by atoms with Crippen molar-refractivity contribution in [1.82, 2.24) is 15.5 Å². The van der Waals surface area contributed by atoms with Gasteiger partial charge in [-0.25, -0.2) is 8.78 Å². The molecule has 34 heavy (non-hydrogen) atoms. The van der Waals surface area contributed by atoms with E-state index in [2.05, 4.69) is 15.5 Å². The highest BCUT2D eigenvalue weighted by Crippen LogP contribution is 2.25. The van der Waals surface area contributed by atoms with Gasteiger partial charge in [0.2, 0.25) is 5.82 Å². The first-order chi connectivity index (χ1) is 16.3. The van der Waals surface area contributed by atoms with Crippen LogP contribution in [0.5, 0.6) is 0 Å². The summed E-state index contributed by atoms with van der Waals surface area (Å²) in [6.07, 6.45) is 0.0434. The summed E-state index contributed by atoms with van der Waals surface area (Å²) in [5, 5.41) is 16.4. The minimum atomic E-state index is -1.09. The van der Waals surface area contributed by atoms with E-state index in [9.17, 15) is 18.7 Å². The third kappa shape index (κ3) is 5.35. The maximum absolute atomic E-state index is 14.9. The van der Waals surface area contributed by atoms with Crippen LogP contribution in [0.4, 0.5) is 8.78 Å². The molecule has 0 radical (unpaired) electrons. The molecule has 0 saturated heterocycles. The molecule has 0 amide bonds. The van der Waals surface area contributed by atoms with Gasteiger partial charge in [0, 0.05) is 12.1 Å². The Morgan fingerprint density at radius 3 is 2.38 bits per heavy atom. The van der Waals surface area contributed by atoms with Crippen molar-refractivity contribution in [2.45, 2.75) is 32.9 Å². The van der Waals surface area contributed by atoms with Crippen molar-refractivity contribution in [2.24, 2.45) is 0 Å². The Balaban J connectivity index is 1.46. The Kier molecular flexibility index (Phi) is 6.79. The molecule has 6 nitrogen and oxygen atoms in total. The first-order valence-corrected chi connectivity index (χ1v) is 10.7. The maximum Gasteiger partial charge on any atom is 0.321 e. The lowest BCUT2D eigenvalue weighted by molar-refractivity contribution is -0.139. The molecule has 0 bridgehead atoms. The first kappa shape index (κ1) is 23.3. The van der Waals surface area contributed by atoms with Gasteiger partial charge in [-0.3, -0.25) is 4.79 Å². The number of halogens is 2. The molecular formula is C26H23F2N3O3. The third-order valence-electron chi connectivity index (χ3n) is 5.53. The Morgan fingerprint density at radius 2 is 1.71 bits per heavy atom. The molecule has 1 heterocycles. The van der Waals surface area contributed by atoms with Crippen molar-refractivity contribution < 1.29 is 23.2 Å². The number of aliphatic carboxylic acids is 1. The van der Waals surface area contributed by atoms with E-state index in [-0.39, 0.29) is 36.1 Å². The normalized spacial score (nSPS) is 12.0. The number of nitrogens with one attached hydrogen (secondary N) is 1. The third-order valence-corrected chi connectivity index (χ3v) is 5.53. The van der Waals surface area contributed by atoms with Crippen molar-refractivity contribution in [2.75, 3.05) is 0 Å². The molecule has 1 unspecified atom stereocenters. The number of hydrogen-bond acceptors (Lipinski definition) is 5. The average molecular weight is 463 g/mol. The monoisotopic (exact) mass is 463 g/mol. The van der Waals surface area contributed by atoms with E-state index in [1.54, 1.807) is 25.1 Å². The molecule has 3 aromatic carbocycles. The van der Waals surface area contributed by atoms with E-state index in [0.29, 0.717) is 16.7 Å². The molecule has 1 aromatic heterocycles. The highest BCUT2D eigenvalue weighted by Gasteiger charge is 2.20. The van der Waals surface area contributed by atoms with Gasteiger partial charge in [-0.05, 0) is 67.3 Å². The molecular weight excluding hydrogens is 440 g/mol. The lowest BCUT2D eigenvalue weighted by Crippen LogP contribution is -2.38. The molecule has 174 valence electrons. The van der Waals surface area contributed by atoms with Gasteiger partial charge in [0.15, 0.2) is 0 Å². The van der Waals surface area contributed by atoms with E-state index in [1.807, 2.05) is 31.2 Å². The van der Waals surface area contributed by atoms with E-state index in [4.69, 9.17) is 4.52 Å². The van der Waals surface area contributed by atoms with Crippen LogP contribution >= 0.6 is 0 Å². The topological polar surface area (TPSA) is 88.2 Å². The van der Waals surface area contributed by atoms with Crippen LogP contribution in [0.3, 0.4) is 0 Å². The fourth-order valence-corrected chi connectivity index (χ4v) is 3.48. The zero-order chi connectivity index (χ0) is 24.2. The smallest absolute Gasteiger partial charge is 0.321 e. The SMILES string of the molecule is Cc1ccc(-c2nc(-c3ccc(CC(NCc4ccc(C)c(F)c4)C(=O)O)cc3F)no2)cc1. The molecule has 2 N–H and O–H groups in total. The molecule has 8 heteroatoms. The molecule has 0 saturated carbocycles. The molecule has 0 spiro atoms. The van der Waals surface area contributed by atoms with Gasteiger partial charge >= 0.3 is 5.97 Å². The summed E-state index contributed by atoms with van der Waals surface area (Å²) in [7, 11) is 0. The molecule has 4 aromatic rings. The number of rotatable bonds is 8. The van der Waals surface area contributed by atoms with Crippen LogP contribution in [-0.4, -0.2) is 27.3 Å². The molecule has 4 rings (SSSR count). The standard InChI is InChI=1S/C26H23F2N3O3/c1-15-3-8-19(9-4-15)25-30-24(31-34-25)20-10-7-17(11-22(20)28)13-23(26(32)33)29-14-18-6-5-16(2)21(27)12-18/h3-12,23,29H,13-14H2,1-2H3,(H,32,33). The van der Waals surface area contributed by atoms with Gasteiger partial charge in [0.1, 0.15) is 17.7 Å². The Bertz CT molecular complexity index is 1320. The van der Waals surface area contributed by atoms with Crippen molar-refractivity contribution in [1.29, 1.82) is 0 Å². The lowest BCUT2D eigenvalue weighted by atomic mass is 10.0. The van der Waals surface area contributed by atoms with E-state index in [1.165, 1.54) is 18.2 Å². The van der Waals surface area contributed by atoms with Gasteiger partial charge in [0.25, 0.3) is 5.89 Å².